The van der Waals surface area contributed by atoms with Crippen molar-refractivity contribution in [3.63, 3.8) is 0 Å². The van der Waals surface area contributed by atoms with Crippen LogP contribution in [0.5, 0.6) is 0 Å². The maximum Gasteiger partial charge on any atom is 0.270 e. The summed E-state index contributed by atoms with van der Waals surface area (Å²) in [6, 6.07) is 6.67. The van der Waals surface area contributed by atoms with Gasteiger partial charge >= 0.3 is 0 Å². The minimum absolute atomic E-state index is 0.0511. The van der Waals surface area contributed by atoms with E-state index in [0.29, 0.717) is 12.1 Å². The maximum absolute atomic E-state index is 12.9. The minimum atomic E-state index is -3.07. The Hall–Kier alpha value is -2.55. The van der Waals surface area contributed by atoms with Crippen molar-refractivity contribution >= 4 is 27.4 Å². The van der Waals surface area contributed by atoms with E-state index in [-0.39, 0.29) is 29.0 Å². The number of halogens is 1. The second-order valence-electron chi connectivity index (χ2n) is 5.47. The van der Waals surface area contributed by atoms with Gasteiger partial charge in [-0.05, 0) is 36.8 Å². The molecule has 0 radical (unpaired) electrons. The average Bonchev–Trinajstić information content (AvgIpc) is 2.88. The standard InChI is InChI=1S/C15H15FN4O3S/c16-10-1-3-11(4-2-10)19-15-17-7-5-13(20-15)14(21)18-12-6-8-24(22,23)9-12/h1-5,7,12H,6,8-9H2,(H,18,21)(H,17,19,20). The molecule has 9 heteroatoms. The van der Waals surface area contributed by atoms with Gasteiger partial charge in [0.25, 0.3) is 5.91 Å². The first-order valence-corrected chi connectivity index (χ1v) is 9.10. The first-order chi connectivity index (χ1) is 11.4. The zero-order valence-electron chi connectivity index (χ0n) is 12.6. The normalized spacial score (nSPS) is 19.0. The van der Waals surface area contributed by atoms with E-state index in [9.17, 15) is 17.6 Å². The van der Waals surface area contributed by atoms with Crippen LogP contribution in [0.25, 0.3) is 0 Å². The van der Waals surface area contributed by atoms with Gasteiger partial charge in [-0.2, -0.15) is 0 Å². The number of rotatable bonds is 4. The van der Waals surface area contributed by atoms with Gasteiger partial charge in [0.1, 0.15) is 11.5 Å². The second-order valence-corrected chi connectivity index (χ2v) is 7.70. The molecule has 1 unspecified atom stereocenters. The van der Waals surface area contributed by atoms with Crippen LogP contribution in [-0.2, 0) is 9.84 Å². The quantitative estimate of drug-likeness (QED) is 0.861. The second kappa shape index (κ2) is 6.52. The van der Waals surface area contributed by atoms with Crippen LogP contribution in [0.3, 0.4) is 0 Å². The van der Waals surface area contributed by atoms with Crippen molar-refractivity contribution in [2.24, 2.45) is 0 Å². The Balaban J connectivity index is 1.68. The molecule has 0 bridgehead atoms. The van der Waals surface area contributed by atoms with E-state index in [1.54, 1.807) is 0 Å². The van der Waals surface area contributed by atoms with Gasteiger partial charge in [0, 0.05) is 17.9 Å². The summed E-state index contributed by atoms with van der Waals surface area (Å²) in [6.07, 6.45) is 1.82. The highest BCUT2D eigenvalue weighted by Crippen LogP contribution is 2.14. The van der Waals surface area contributed by atoms with Crippen molar-refractivity contribution in [3.8, 4) is 0 Å². The number of carbonyl (C=O) groups is 1. The number of hydrogen-bond acceptors (Lipinski definition) is 6. The number of hydrogen-bond donors (Lipinski definition) is 2. The zero-order chi connectivity index (χ0) is 17.2. The third-order valence-electron chi connectivity index (χ3n) is 3.56. The van der Waals surface area contributed by atoms with Crippen molar-refractivity contribution in [1.82, 2.24) is 15.3 Å². The molecule has 126 valence electrons. The first kappa shape index (κ1) is 16.3. The van der Waals surface area contributed by atoms with E-state index in [0.717, 1.165) is 0 Å². The number of nitrogens with zero attached hydrogens (tertiary/aromatic N) is 2. The van der Waals surface area contributed by atoms with E-state index in [1.807, 2.05) is 0 Å². The number of carbonyl (C=O) groups excluding carboxylic acids is 1. The van der Waals surface area contributed by atoms with Crippen LogP contribution in [0.4, 0.5) is 16.0 Å². The predicted molar refractivity (Wildman–Crippen MR) is 86.2 cm³/mol. The Morgan fingerprint density at radius 3 is 2.62 bits per heavy atom. The fraction of sp³-hybridized carbons (Fsp3) is 0.267. The van der Waals surface area contributed by atoms with E-state index in [1.165, 1.54) is 36.5 Å². The van der Waals surface area contributed by atoms with Crippen LogP contribution in [0.2, 0.25) is 0 Å². The molecule has 0 spiro atoms. The van der Waals surface area contributed by atoms with Crippen LogP contribution < -0.4 is 10.6 Å². The molecule has 2 aromatic rings. The zero-order valence-corrected chi connectivity index (χ0v) is 13.4. The summed E-state index contributed by atoms with van der Waals surface area (Å²) in [5.74, 6) is -0.597. The number of amides is 1. The van der Waals surface area contributed by atoms with Gasteiger partial charge in [-0.3, -0.25) is 4.79 Å². The highest BCUT2D eigenvalue weighted by atomic mass is 32.2. The van der Waals surface area contributed by atoms with Crippen LogP contribution in [0.15, 0.2) is 36.5 Å². The van der Waals surface area contributed by atoms with Crippen molar-refractivity contribution in [1.29, 1.82) is 0 Å². The van der Waals surface area contributed by atoms with Crippen LogP contribution in [0, 0.1) is 5.82 Å². The molecule has 1 aromatic carbocycles. The van der Waals surface area contributed by atoms with Crippen LogP contribution in [0.1, 0.15) is 16.9 Å². The summed E-state index contributed by atoms with van der Waals surface area (Å²) >= 11 is 0. The van der Waals surface area contributed by atoms with Crippen LogP contribution >= 0.6 is 0 Å². The van der Waals surface area contributed by atoms with E-state index >= 15 is 0 Å². The molecule has 0 saturated carbocycles. The Kier molecular flexibility index (Phi) is 4.43. The molecule has 1 aromatic heterocycles. The molecule has 1 amide bonds. The molecular formula is C15H15FN4O3S. The van der Waals surface area contributed by atoms with Crippen molar-refractivity contribution in [2.75, 3.05) is 16.8 Å². The number of sulfone groups is 1. The van der Waals surface area contributed by atoms with E-state index in [4.69, 9.17) is 0 Å². The molecule has 24 heavy (non-hydrogen) atoms. The van der Waals surface area contributed by atoms with Gasteiger partial charge in [-0.25, -0.2) is 22.8 Å². The maximum atomic E-state index is 12.9. The molecule has 1 aliphatic rings. The Labute approximate surface area is 138 Å². The fourth-order valence-electron chi connectivity index (χ4n) is 2.38. The number of nitrogens with one attached hydrogen (secondary N) is 2. The van der Waals surface area contributed by atoms with Gasteiger partial charge < -0.3 is 10.6 Å². The Bertz CT molecular complexity index is 855. The minimum Gasteiger partial charge on any atom is -0.347 e. The smallest absolute Gasteiger partial charge is 0.270 e. The summed E-state index contributed by atoms with van der Waals surface area (Å²) < 4.78 is 35.7. The molecule has 2 heterocycles. The molecular weight excluding hydrogens is 335 g/mol. The highest BCUT2D eigenvalue weighted by molar-refractivity contribution is 7.91. The molecule has 1 atom stereocenters. The molecule has 7 nitrogen and oxygen atoms in total. The lowest BCUT2D eigenvalue weighted by Gasteiger charge is -2.11. The molecule has 2 N–H and O–H groups in total. The van der Waals surface area contributed by atoms with Gasteiger partial charge in [-0.1, -0.05) is 0 Å². The Morgan fingerprint density at radius 2 is 1.96 bits per heavy atom. The summed E-state index contributed by atoms with van der Waals surface area (Å²) in [7, 11) is -3.07. The lowest BCUT2D eigenvalue weighted by Crippen LogP contribution is -2.36. The molecule has 1 aliphatic heterocycles. The van der Waals surface area contributed by atoms with Gasteiger partial charge in [0.15, 0.2) is 9.84 Å². The topological polar surface area (TPSA) is 101 Å². The third-order valence-corrected chi connectivity index (χ3v) is 5.32. The summed E-state index contributed by atoms with van der Waals surface area (Å²) in [5, 5.41) is 5.53. The third kappa shape index (κ3) is 4.05. The monoisotopic (exact) mass is 350 g/mol. The van der Waals surface area contributed by atoms with E-state index < -0.39 is 21.8 Å². The number of anilines is 2. The lowest BCUT2D eigenvalue weighted by atomic mass is 10.2. The van der Waals surface area contributed by atoms with Crippen molar-refractivity contribution in [2.45, 2.75) is 12.5 Å². The largest absolute Gasteiger partial charge is 0.347 e. The molecule has 1 fully saturated rings. The van der Waals surface area contributed by atoms with Crippen molar-refractivity contribution < 1.29 is 17.6 Å². The highest BCUT2D eigenvalue weighted by Gasteiger charge is 2.29. The van der Waals surface area contributed by atoms with Crippen LogP contribution in [-0.4, -0.2) is 41.8 Å². The predicted octanol–water partition coefficient (Wildman–Crippen LogP) is 1.28. The molecule has 3 rings (SSSR count). The molecule has 1 saturated heterocycles. The Morgan fingerprint density at radius 1 is 1.21 bits per heavy atom. The summed E-state index contributed by atoms with van der Waals surface area (Å²) in [5.41, 5.74) is 0.703. The number of aromatic nitrogens is 2. The SMILES string of the molecule is O=C(NC1CCS(=O)(=O)C1)c1ccnc(Nc2ccc(F)cc2)n1. The summed E-state index contributed by atoms with van der Waals surface area (Å²) in [6.45, 7) is 0. The number of benzene rings is 1. The van der Waals surface area contributed by atoms with Gasteiger partial charge in [0.2, 0.25) is 5.95 Å². The van der Waals surface area contributed by atoms with Gasteiger partial charge in [-0.15, -0.1) is 0 Å². The molecule has 0 aliphatic carbocycles. The first-order valence-electron chi connectivity index (χ1n) is 7.28. The fourth-order valence-corrected chi connectivity index (χ4v) is 4.05. The van der Waals surface area contributed by atoms with Gasteiger partial charge in [0.05, 0.1) is 11.5 Å². The van der Waals surface area contributed by atoms with Crippen molar-refractivity contribution in [3.05, 3.63) is 48.0 Å². The lowest BCUT2D eigenvalue weighted by molar-refractivity contribution is 0.0936. The average molecular weight is 350 g/mol. The van der Waals surface area contributed by atoms with E-state index in [2.05, 4.69) is 20.6 Å². The summed E-state index contributed by atoms with van der Waals surface area (Å²) in [4.78, 5) is 20.3.